The third kappa shape index (κ3) is 3.02. The summed E-state index contributed by atoms with van der Waals surface area (Å²) >= 11 is 0. The van der Waals surface area contributed by atoms with Gasteiger partial charge in [-0.05, 0) is 59.9 Å². The van der Waals surface area contributed by atoms with Crippen LogP contribution >= 0.6 is 7.26 Å². The van der Waals surface area contributed by atoms with E-state index in [1.54, 1.807) is 21.7 Å². The first kappa shape index (κ1) is 18.6. The quantitative estimate of drug-likeness (QED) is 0.324. The molecule has 0 spiro atoms. The lowest BCUT2D eigenvalue weighted by Crippen LogP contribution is -2.31. The van der Waals surface area contributed by atoms with Crippen molar-refractivity contribution in [3.63, 3.8) is 0 Å². The van der Waals surface area contributed by atoms with Crippen LogP contribution in [0.1, 0.15) is 37.3 Å². The molecule has 0 bridgehead atoms. The second-order valence-corrected chi connectivity index (χ2v) is 12.5. The minimum Gasteiger partial charge on any atom is -0.0620 e. The van der Waals surface area contributed by atoms with Gasteiger partial charge in [-0.2, -0.15) is 0 Å². The molecule has 1 heteroatoms. The molecule has 0 radical (unpaired) electrons. The van der Waals surface area contributed by atoms with Crippen LogP contribution in [0.5, 0.6) is 0 Å². The molecule has 0 saturated carbocycles. The molecule has 1 aliphatic heterocycles. The second-order valence-electron chi connectivity index (χ2n) is 8.54. The molecule has 0 saturated heterocycles. The van der Waals surface area contributed by atoms with Crippen molar-refractivity contribution in [2.45, 2.75) is 38.0 Å². The van der Waals surface area contributed by atoms with Crippen molar-refractivity contribution in [3.05, 3.63) is 108 Å². The van der Waals surface area contributed by atoms with E-state index in [1.165, 1.54) is 17.2 Å². The SMILES string of the molecule is CC1CC(C)[P+](c2ccccc2)(c2ccccc2)Cc2c1ccc1ccccc21. The Labute approximate surface area is 174 Å². The highest BCUT2D eigenvalue weighted by Gasteiger charge is 2.50. The molecule has 4 aromatic carbocycles. The van der Waals surface area contributed by atoms with Crippen LogP contribution in [0.15, 0.2) is 97.1 Å². The van der Waals surface area contributed by atoms with E-state index in [9.17, 15) is 0 Å². The molecular weight excluding hydrogens is 367 g/mol. The number of benzene rings is 4. The third-order valence-electron chi connectivity index (χ3n) is 6.90. The average Bonchev–Trinajstić information content (AvgIpc) is 2.89. The van der Waals surface area contributed by atoms with Crippen LogP contribution in [-0.4, -0.2) is 5.66 Å². The van der Waals surface area contributed by atoms with E-state index in [-0.39, 0.29) is 0 Å². The van der Waals surface area contributed by atoms with E-state index >= 15 is 0 Å². The van der Waals surface area contributed by atoms with Crippen LogP contribution in [0.2, 0.25) is 0 Å². The molecule has 1 aliphatic rings. The van der Waals surface area contributed by atoms with Gasteiger partial charge in [-0.15, -0.1) is 0 Å². The number of hydrogen-bond acceptors (Lipinski definition) is 0. The summed E-state index contributed by atoms with van der Waals surface area (Å²) < 4.78 is 0. The van der Waals surface area contributed by atoms with Gasteiger partial charge in [0.1, 0.15) is 0 Å². The maximum atomic E-state index is 2.51. The fourth-order valence-electron chi connectivity index (χ4n) is 5.44. The van der Waals surface area contributed by atoms with Crippen molar-refractivity contribution in [3.8, 4) is 0 Å². The van der Waals surface area contributed by atoms with E-state index in [1.807, 2.05) is 0 Å². The summed E-state index contributed by atoms with van der Waals surface area (Å²) in [7, 11) is -1.60. The van der Waals surface area contributed by atoms with Gasteiger partial charge in [0, 0.05) is 5.56 Å². The number of fused-ring (bicyclic) bond motifs is 3. The lowest BCUT2D eigenvalue weighted by molar-refractivity contribution is 0.674. The zero-order valence-corrected chi connectivity index (χ0v) is 18.1. The fourth-order valence-corrected chi connectivity index (χ4v) is 10.4. The van der Waals surface area contributed by atoms with Gasteiger partial charge in [0.2, 0.25) is 0 Å². The molecule has 4 aromatic rings. The Morgan fingerprint density at radius 3 is 1.90 bits per heavy atom. The van der Waals surface area contributed by atoms with E-state index in [0.717, 1.165) is 6.16 Å². The summed E-state index contributed by atoms with van der Waals surface area (Å²) in [5.74, 6) is 0.582. The Morgan fingerprint density at radius 2 is 1.24 bits per heavy atom. The summed E-state index contributed by atoms with van der Waals surface area (Å²) in [6, 6.07) is 36.5. The predicted molar refractivity (Wildman–Crippen MR) is 129 cm³/mol. The molecule has 0 aromatic heterocycles. The summed E-state index contributed by atoms with van der Waals surface area (Å²) in [5, 5.41) is 5.91. The van der Waals surface area contributed by atoms with Crippen molar-refractivity contribution >= 4 is 28.6 Å². The molecule has 0 aliphatic carbocycles. The summed E-state index contributed by atoms with van der Waals surface area (Å²) in [4.78, 5) is 0. The third-order valence-corrected chi connectivity index (χ3v) is 11.9. The van der Waals surface area contributed by atoms with Crippen LogP contribution in [0.3, 0.4) is 0 Å². The summed E-state index contributed by atoms with van der Waals surface area (Å²) in [6.07, 6.45) is 2.39. The maximum absolute atomic E-state index is 2.51. The van der Waals surface area contributed by atoms with Crippen molar-refractivity contribution in [2.75, 3.05) is 0 Å². The van der Waals surface area contributed by atoms with Crippen LogP contribution < -0.4 is 10.6 Å². The van der Waals surface area contributed by atoms with Crippen LogP contribution in [0.4, 0.5) is 0 Å². The van der Waals surface area contributed by atoms with Crippen LogP contribution in [0.25, 0.3) is 10.8 Å². The highest BCUT2D eigenvalue weighted by atomic mass is 31.2. The zero-order valence-electron chi connectivity index (χ0n) is 17.3. The van der Waals surface area contributed by atoms with Gasteiger partial charge >= 0.3 is 0 Å². The Morgan fingerprint density at radius 1 is 0.655 bits per heavy atom. The molecular formula is C28H28P+. The van der Waals surface area contributed by atoms with Crippen molar-refractivity contribution in [2.24, 2.45) is 0 Å². The van der Waals surface area contributed by atoms with E-state index in [0.29, 0.717) is 11.6 Å². The highest BCUT2D eigenvalue weighted by molar-refractivity contribution is 7.89. The van der Waals surface area contributed by atoms with Gasteiger partial charge in [-0.3, -0.25) is 0 Å². The number of rotatable bonds is 2. The molecule has 0 amide bonds. The first-order chi connectivity index (χ1) is 14.2. The molecule has 144 valence electrons. The Bertz CT molecular complexity index is 1090. The molecule has 0 nitrogen and oxygen atoms in total. The van der Waals surface area contributed by atoms with Gasteiger partial charge in [-0.25, -0.2) is 0 Å². The molecule has 2 unspecified atom stereocenters. The smallest absolute Gasteiger partial charge is 0.0620 e. The molecule has 5 rings (SSSR count). The number of hydrogen-bond donors (Lipinski definition) is 0. The maximum Gasteiger partial charge on any atom is 0.0998 e. The average molecular weight is 396 g/mol. The first-order valence-electron chi connectivity index (χ1n) is 10.7. The molecule has 0 fully saturated rings. The minimum absolute atomic E-state index is 0.582. The normalized spacial score (nSPS) is 20.8. The van der Waals surface area contributed by atoms with Gasteiger partial charge in [-0.1, -0.05) is 79.7 Å². The second kappa shape index (κ2) is 7.43. The Balaban J connectivity index is 1.83. The first-order valence-corrected chi connectivity index (χ1v) is 12.7. The highest BCUT2D eigenvalue weighted by Crippen LogP contribution is 2.67. The Hall–Kier alpha value is -2.43. The molecule has 2 atom stereocenters. The van der Waals surface area contributed by atoms with Gasteiger partial charge in [0.15, 0.2) is 0 Å². The Kier molecular flexibility index (Phi) is 4.76. The lowest BCUT2D eigenvalue weighted by atomic mass is 9.90. The van der Waals surface area contributed by atoms with Crippen LogP contribution in [0, 0.1) is 0 Å². The monoisotopic (exact) mass is 395 g/mol. The van der Waals surface area contributed by atoms with E-state index in [2.05, 4.69) is 111 Å². The van der Waals surface area contributed by atoms with Crippen molar-refractivity contribution in [1.82, 2.24) is 0 Å². The minimum atomic E-state index is -1.60. The lowest BCUT2D eigenvalue weighted by Gasteiger charge is -2.32. The largest absolute Gasteiger partial charge is 0.0998 e. The summed E-state index contributed by atoms with van der Waals surface area (Å²) in [6.45, 7) is 4.94. The zero-order chi connectivity index (χ0) is 19.8. The summed E-state index contributed by atoms with van der Waals surface area (Å²) in [5.41, 5.74) is 3.79. The standard InChI is InChI=1S/C28H28P/c1-21-19-22(2)29(24-12-5-3-6-13-24,25-14-7-4-8-15-25)20-28-26(21)18-17-23-11-9-10-16-27(23)28/h3-18,21-22H,19-20H2,1-2H3/q+1. The molecule has 29 heavy (non-hydrogen) atoms. The van der Waals surface area contributed by atoms with Gasteiger partial charge in [0.25, 0.3) is 0 Å². The molecule has 1 heterocycles. The topological polar surface area (TPSA) is 0 Å². The molecule has 0 N–H and O–H groups in total. The fraction of sp³-hybridized carbons (Fsp3) is 0.214. The van der Waals surface area contributed by atoms with Crippen molar-refractivity contribution in [1.29, 1.82) is 0 Å². The van der Waals surface area contributed by atoms with Gasteiger partial charge in [0.05, 0.1) is 29.7 Å². The van der Waals surface area contributed by atoms with E-state index < -0.39 is 7.26 Å². The van der Waals surface area contributed by atoms with Crippen molar-refractivity contribution < 1.29 is 0 Å². The van der Waals surface area contributed by atoms with Gasteiger partial charge < -0.3 is 0 Å². The van der Waals surface area contributed by atoms with Crippen LogP contribution in [-0.2, 0) is 6.16 Å². The predicted octanol–water partition coefficient (Wildman–Crippen LogP) is 6.90. The van der Waals surface area contributed by atoms with E-state index in [4.69, 9.17) is 0 Å².